The van der Waals surface area contributed by atoms with Gasteiger partial charge in [-0.25, -0.2) is 4.39 Å². The first-order valence-electron chi connectivity index (χ1n) is 10.8. The molecule has 4 N–H and O–H groups in total. The highest BCUT2D eigenvalue weighted by Crippen LogP contribution is 2.49. The van der Waals surface area contributed by atoms with Crippen molar-refractivity contribution in [2.24, 2.45) is 0 Å². The Labute approximate surface area is 208 Å². The summed E-state index contributed by atoms with van der Waals surface area (Å²) in [4.78, 5) is 0. The Morgan fingerprint density at radius 3 is 1.59 bits per heavy atom. The zero-order chi connectivity index (χ0) is 26.8. The van der Waals surface area contributed by atoms with E-state index in [1.54, 1.807) is 54.6 Å². The molecule has 4 aromatic rings. The van der Waals surface area contributed by atoms with Crippen molar-refractivity contribution in [2.45, 2.75) is 18.3 Å². The minimum absolute atomic E-state index is 0.0795. The molecule has 0 aliphatic heterocycles. The van der Waals surface area contributed by atoms with E-state index in [0.717, 1.165) is 12.1 Å². The van der Waals surface area contributed by atoms with E-state index in [4.69, 9.17) is 20.9 Å². The molecule has 0 bridgehead atoms. The number of hydrogen-bond donors (Lipinski definition) is 2. The first-order valence-corrected chi connectivity index (χ1v) is 10.8. The molecule has 1 unspecified atom stereocenters. The Morgan fingerprint density at radius 1 is 0.595 bits per heavy atom. The number of nitrogens with two attached hydrogens (primary N) is 2. The van der Waals surface area contributed by atoms with Crippen molar-refractivity contribution in [3.05, 3.63) is 96.6 Å². The second-order valence-electron chi connectivity index (χ2n) is 8.10. The molecule has 4 aromatic carbocycles. The van der Waals surface area contributed by atoms with Crippen molar-refractivity contribution in [1.29, 1.82) is 0 Å². The summed E-state index contributed by atoms with van der Waals surface area (Å²) < 4.78 is 93.3. The Kier molecular flexibility index (Phi) is 6.93. The van der Waals surface area contributed by atoms with Crippen LogP contribution in [0, 0.1) is 0 Å². The summed E-state index contributed by atoms with van der Waals surface area (Å²) in [5.74, 6) is -4.59. The second kappa shape index (κ2) is 9.96. The maximum atomic E-state index is 14.9. The van der Waals surface area contributed by atoms with Crippen molar-refractivity contribution < 1.29 is 35.8 Å². The number of anilines is 2. The standard InChI is InChI=1S/C27H20F6N2O2/c28-25(26(29,30)27(31,32)33)23-13-12-22(37-20-10-6-18(35)7-11-20)15-24(23)16-2-1-3-21(14-16)36-19-8-4-17(34)5-9-19/h1-15,25H,34-35H2. The van der Waals surface area contributed by atoms with Gasteiger partial charge in [-0.15, -0.1) is 0 Å². The molecule has 37 heavy (non-hydrogen) atoms. The lowest BCUT2D eigenvalue weighted by Gasteiger charge is -2.25. The van der Waals surface area contributed by atoms with Crippen LogP contribution in [0.3, 0.4) is 0 Å². The summed E-state index contributed by atoms with van der Waals surface area (Å²) in [5.41, 5.74) is 11.3. The normalized spacial score (nSPS) is 12.7. The Morgan fingerprint density at radius 2 is 1.08 bits per heavy atom. The zero-order valence-electron chi connectivity index (χ0n) is 19.0. The molecular formula is C27H20F6N2O2. The smallest absolute Gasteiger partial charge is 0.456 e. The SMILES string of the molecule is Nc1ccc(Oc2cccc(-c3cc(Oc4ccc(N)cc4)ccc3C(F)C(F)(F)C(F)(F)F)c2)cc1. The van der Waals surface area contributed by atoms with Crippen molar-refractivity contribution in [3.63, 3.8) is 0 Å². The van der Waals surface area contributed by atoms with Crippen LogP contribution < -0.4 is 20.9 Å². The topological polar surface area (TPSA) is 70.5 Å². The minimum Gasteiger partial charge on any atom is -0.457 e. The van der Waals surface area contributed by atoms with Crippen LogP contribution in [0.25, 0.3) is 11.1 Å². The molecule has 0 amide bonds. The highest BCUT2D eigenvalue weighted by Gasteiger charge is 2.64. The van der Waals surface area contributed by atoms with Gasteiger partial charge in [0.25, 0.3) is 0 Å². The first kappa shape index (κ1) is 25.7. The van der Waals surface area contributed by atoms with Gasteiger partial charge < -0.3 is 20.9 Å². The Hall–Kier alpha value is -4.34. The average Bonchev–Trinajstić information content (AvgIpc) is 2.86. The van der Waals surface area contributed by atoms with Crippen LogP contribution in [-0.2, 0) is 0 Å². The second-order valence-corrected chi connectivity index (χ2v) is 8.10. The summed E-state index contributed by atoms with van der Waals surface area (Å²) >= 11 is 0. The van der Waals surface area contributed by atoms with E-state index in [-0.39, 0.29) is 22.6 Å². The van der Waals surface area contributed by atoms with Crippen LogP contribution >= 0.6 is 0 Å². The number of benzene rings is 4. The number of halogens is 6. The van der Waals surface area contributed by atoms with Crippen LogP contribution in [0.2, 0.25) is 0 Å². The molecule has 0 fully saturated rings. The largest absolute Gasteiger partial charge is 0.457 e. The lowest BCUT2D eigenvalue weighted by Crippen LogP contribution is -2.40. The zero-order valence-corrected chi connectivity index (χ0v) is 19.0. The maximum absolute atomic E-state index is 14.9. The summed E-state index contributed by atoms with van der Waals surface area (Å²) in [5, 5.41) is 0. The highest BCUT2D eigenvalue weighted by atomic mass is 19.4. The van der Waals surface area contributed by atoms with E-state index in [1.807, 2.05) is 0 Å². The summed E-state index contributed by atoms with van der Waals surface area (Å²) in [6.07, 6.45) is -9.77. The van der Waals surface area contributed by atoms with Gasteiger partial charge in [0.2, 0.25) is 0 Å². The molecule has 4 rings (SSSR count). The van der Waals surface area contributed by atoms with Crippen molar-refractivity contribution in [2.75, 3.05) is 11.5 Å². The third kappa shape index (κ3) is 5.74. The molecule has 1 atom stereocenters. The van der Waals surface area contributed by atoms with E-state index in [1.165, 1.54) is 24.3 Å². The van der Waals surface area contributed by atoms with Crippen molar-refractivity contribution in [1.82, 2.24) is 0 Å². The molecule has 0 radical (unpaired) electrons. The number of alkyl halides is 6. The minimum atomic E-state index is -6.09. The summed E-state index contributed by atoms with van der Waals surface area (Å²) in [7, 11) is 0. The summed E-state index contributed by atoms with van der Waals surface area (Å²) in [6.45, 7) is 0. The number of hydrogen-bond acceptors (Lipinski definition) is 4. The van der Waals surface area contributed by atoms with Gasteiger partial charge >= 0.3 is 12.1 Å². The number of rotatable bonds is 7. The highest BCUT2D eigenvalue weighted by molar-refractivity contribution is 5.71. The van der Waals surface area contributed by atoms with Crippen LogP contribution in [-0.4, -0.2) is 12.1 Å². The predicted molar refractivity (Wildman–Crippen MR) is 129 cm³/mol. The molecule has 4 nitrogen and oxygen atoms in total. The van der Waals surface area contributed by atoms with Crippen LogP contribution in [0.4, 0.5) is 37.7 Å². The van der Waals surface area contributed by atoms with Crippen LogP contribution in [0.1, 0.15) is 11.7 Å². The fourth-order valence-electron chi connectivity index (χ4n) is 3.48. The Bertz CT molecular complexity index is 1370. The van der Waals surface area contributed by atoms with E-state index in [0.29, 0.717) is 22.9 Å². The van der Waals surface area contributed by atoms with Gasteiger partial charge in [-0.2, -0.15) is 22.0 Å². The third-order valence-electron chi connectivity index (χ3n) is 5.37. The van der Waals surface area contributed by atoms with E-state index in [2.05, 4.69) is 0 Å². The van der Waals surface area contributed by atoms with E-state index in [9.17, 15) is 26.3 Å². The lowest BCUT2D eigenvalue weighted by molar-refractivity contribution is -0.305. The molecule has 0 aliphatic rings. The molecular weight excluding hydrogens is 498 g/mol. The fourth-order valence-corrected chi connectivity index (χ4v) is 3.48. The monoisotopic (exact) mass is 518 g/mol. The lowest BCUT2D eigenvalue weighted by atomic mass is 9.93. The molecule has 0 aliphatic carbocycles. The molecule has 0 saturated heterocycles. The molecule has 0 saturated carbocycles. The molecule has 0 spiro atoms. The van der Waals surface area contributed by atoms with Gasteiger partial charge in [-0.1, -0.05) is 18.2 Å². The van der Waals surface area contributed by atoms with Gasteiger partial charge in [0.15, 0.2) is 6.17 Å². The van der Waals surface area contributed by atoms with E-state index < -0.39 is 23.8 Å². The number of nitrogen functional groups attached to an aromatic ring is 2. The predicted octanol–water partition coefficient (Wildman–Crippen LogP) is 8.31. The third-order valence-corrected chi connectivity index (χ3v) is 5.37. The van der Waals surface area contributed by atoms with Gasteiger partial charge in [0.05, 0.1) is 0 Å². The van der Waals surface area contributed by atoms with E-state index >= 15 is 0 Å². The van der Waals surface area contributed by atoms with Crippen molar-refractivity contribution in [3.8, 4) is 34.1 Å². The molecule has 192 valence electrons. The molecule has 10 heteroatoms. The Balaban J connectivity index is 1.76. The average molecular weight is 518 g/mol. The summed E-state index contributed by atoms with van der Waals surface area (Å²) in [6, 6.07) is 21.6. The maximum Gasteiger partial charge on any atom is 0.456 e. The van der Waals surface area contributed by atoms with Crippen molar-refractivity contribution >= 4 is 11.4 Å². The molecule has 0 aromatic heterocycles. The molecule has 0 heterocycles. The van der Waals surface area contributed by atoms with Gasteiger partial charge in [-0.05, 0) is 83.9 Å². The fraction of sp³-hybridized carbons (Fsp3) is 0.111. The quantitative estimate of drug-likeness (QED) is 0.191. The van der Waals surface area contributed by atoms with Gasteiger partial charge in [0, 0.05) is 16.9 Å². The van der Waals surface area contributed by atoms with Crippen LogP contribution in [0.5, 0.6) is 23.0 Å². The van der Waals surface area contributed by atoms with Crippen LogP contribution in [0.15, 0.2) is 91.0 Å². The van der Waals surface area contributed by atoms with Gasteiger partial charge in [0.1, 0.15) is 23.0 Å². The number of ether oxygens (including phenoxy) is 2. The first-order chi connectivity index (χ1) is 17.4. The van der Waals surface area contributed by atoms with Gasteiger partial charge in [-0.3, -0.25) is 0 Å².